The molecule has 0 aliphatic carbocycles. The molecule has 1 aromatic carbocycles. The molecule has 7 heteroatoms. The molecule has 118 valence electrons. The molecule has 0 amide bonds. The Morgan fingerprint density at radius 1 is 1.26 bits per heavy atom. The molecule has 2 aromatic heterocycles. The lowest BCUT2D eigenvalue weighted by atomic mass is 10.2. The maximum atomic E-state index is 11.2. The number of nitrogens with zero attached hydrogens (tertiary/aromatic N) is 4. The summed E-state index contributed by atoms with van der Waals surface area (Å²) in [4.78, 5) is 15.2. The molecule has 0 saturated heterocycles. The Labute approximate surface area is 132 Å². The maximum Gasteiger partial charge on any atom is 0.280 e. The van der Waals surface area contributed by atoms with E-state index in [9.17, 15) is 10.1 Å². The Morgan fingerprint density at radius 3 is 2.78 bits per heavy atom. The molecular weight excluding hydrogens is 296 g/mol. The highest BCUT2D eigenvalue weighted by molar-refractivity contribution is 5.90. The number of aromatic nitrogens is 3. The first-order valence-electron chi connectivity index (χ1n) is 7.29. The third kappa shape index (κ3) is 2.85. The summed E-state index contributed by atoms with van der Waals surface area (Å²) in [7, 11) is 0. The van der Waals surface area contributed by atoms with Gasteiger partial charge in [0.25, 0.3) is 5.69 Å². The van der Waals surface area contributed by atoms with E-state index in [4.69, 9.17) is 4.74 Å². The lowest BCUT2D eigenvalue weighted by Gasteiger charge is -2.06. The monoisotopic (exact) mass is 312 g/mol. The molecule has 23 heavy (non-hydrogen) atoms. The zero-order valence-corrected chi connectivity index (χ0v) is 12.9. The Balaban J connectivity index is 2.03. The number of ether oxygens (including phenoxy) is 1. The van der Waals surface area contributed by atoms with Gasteiger partial charge in [0.05, 0.1) is 35.0 Å². The van der Waals surface area contributed by atoms with Crippen LogP contribution in [0.5, 0.6) is 5.88 Å². The average molecular weight is 312 g/mol. The van der Waals surface area contributed by atoms with Gasteiger partial charge in [-0.15, -0.1) is 0 Å². The minimum Gasteiger partial charge on any atom is -0.478 e. The van der Waals surface area contributed by atoms with E-state index in [1.165, 1.54) is 6.07 Å². The van der Waals surface area contributed by atoms with Crippen LogP contribution in [-0.4, -0.2) is 26.3 Å². The second-order valence-electron chi connectivity index (χ2n) is 5.07. The van der Waals surface area contributed by atoms with Gasteiger partial charge in [-0.3, -0.25) is 14.8 Å². The van der Waals surface area contributed by atoms with Crippen molar-refractivity contribution in [2.75, 3.05) is 6.61 Å². The van der Waals surface area contributed by atoms with E-state index in [-0.39, 0.29) is 10.6 Å². The molecule has 0 saturated carbocycles. The summed E-state index contributed by atoms with van der Waals surface area (Å²) in [6.45, 7) is 4.65. The maximum absolute atomic E-state index is 11.2. The fourth-order valence-electron chi connectivity index (χ4n) is 2.60. The minimum atomic E-state index is -0.380. The highest BCUT2D eigenvalue weighted by Gasteiger charge is 2.18. The summed E-state index contributed by atoms with van der Waals surface area (Å²) in [5.74, 6) is 0.559. The van der Waals surface area contributed by atoms with E-state index < -0.39 is 0 Å². The standard InChI is InChI=1S/C16H16N4O3/c1-3-23-15-9-4-6-12(17-15)10-19-13-7-5-8-14(20(21)22)16(13)11(2)18-19/h4-9H,3,10H2,1-2H3. The van der Waals surface area contributed by atoms with Gasteiger partial charge in [0, 0.05) is 12.1 Å². The Hall–Kier alpha value is -2.96. The third-order valence-electron chi connectivity index (χ3n) is 3.51. The molecule has 7 nitrogen and oxygen atoms in total. The first kappa shape index (κ1) is 15.0. The van der Waals surface area contributed by atoms with E-state index in [2.05, 4.69) is 10.1 Å². The summed E-state index contributed by atoms with van der Waals surface area (Å²) in [5, 5.41) is 16.2. The Morgan fingerprint density at radius 2 is 2.04 bits per heavy atom. The van der Waals surface area contributed by atoms with Crippen molar-refractivity contribution in [1.82, 2.24) is 14.8 Å². The fraction of sp³-hybridized carbons (Fsp3) is 0.250. The first-order chi connectivity index (χ1) is 11.1. The van der Waals surface area contributed by atoms with Gasteiger partial charge < -0.3 is 4.74 Å². The van der Waals surface area contributed by atoms with Crippen LogP contribution in [0.4, 0.5) is 5.69 Å². The quantitative estimate of drug-likeness (QED) is 0.534. The lowest BCUT2D eigenvalue weighted by molar-refractivity contribution is -0.383. The number of nitro groups is 1. The molecule has 0 bridgehead atoms. The van der Waals surface area contributed by atoms with Crippen LogP contribution in [-0.2, 0) is 6.54 Å². The van der Waals surface area contributed by atoms with E-state index in [0.717, 1.165) is 11.2 Å². The minimum absolute atomic E-state index is 0.0716. The number of fused-ring (bicyclic) bond motifs is 1. The van der Waals surface area contributed by atoms with Gasteiger partial charge in [0.1, 0.15) is 5.39 Å². The second-order valence-corrected chi connectivity index (χ2v) is 5.07. The van der Waals surface area contributed by atoms with Crippen LogP contribution in [0.3, 0.4) is 0 Å². The third-order valence-corrected chi connectivity index (χ3v) is 3.51. The van der Waals surface area contributed by atoms with Crippen LogP contribution in [0.15, 0.2) is 36.4 Å². The molecule has 2 heterocycles. The molecule has 0 aliphatic heterocycles. The van der Waals surface area contributed by atoms with Crippen LogP contribution < -0.4 is 4.74 Å². The van der Waals surface area contributed by atoms with Gasteiger partial charge in [-0.2, -0.15) is 5.10 Å². The number of nitro benzene ring substituents is 1. The highest BCUT2D eigenvalue weighted by Crippen LogP contribution is 2.28. The normalized spacial score (nSPS) is 10.9. The topological polar surface area (TPSA) is 83.1 Å². The number of non-ortho nitro benzene ring substituents is 1. The van der Waals surface area contributed by atoms with E-state index in [0.29, 0.717) is 30.1 Å². The van der Waals surface area contributed by atoms with Gasteiger partial charge in [-0.05, 0) is 26.0 Å². The number of pyridine rings is 1. The molecule has 3 rings (SSSR count). The van der Waals surface area contributed by atoms with Crippen LogP contribution in [0.25, 0.3) is 10.9 Å². The number of hydrogen-bond acceptors (Lipinski definition) is 5. The zero-order valence-electron chi connectivity index (χ0n) is 12.9. The Kier molecular flexibility index (Phi) is 3.92. The molecule has 0 N–H and O–H groups in total. The summed E-state index contributed by atoms with van der Waals surface area (Å²) in [6.07, 6.45) is 0. The van der Waals surface area contributed by atoms with Crippen LogP contribution in [0, 0.1) is 17.0 Å². The number of benzene rings is 1. The molecule has 0 aliphatic rings. The summed E-state index contributed by atoms with van der Waals surface area (Å²) < 4.78 is 7.13. The van der Waals surface area contributed by atoms with Crippen molar-refractivity contribution in [2.45, 2.75) is 20.4 Å². The van der Waals surface area contributed by atoms with Crippen molar-refractivity contribution in [3.63, 3.8) is 0 Å². The van der Waals surface area contributed by atoms with Crippen molar-refractivity contribution in [1.29, 1.82) is 0 Å². The number of aryl methyl sites for hydroxylation is 1. The predicted octanol–water partition coefficient (Wildman–Crippen LogP) is 3.09. The molecule has 3 aromatic rings. The second kappa shape index (κ2) is 6.04. The van der Waals surface area contributed by atoms with E-state index in [1.54, 1.807) is 23.7 Å². The van der Waals surface area contributed by atoms with Gasteiger partial charge >= 0.3 is 0 Å². The van der Waals surface area contributed by atoms with Crippen molar-refractivity contribution < 1.29 is 9.66 Å². The predicted molar refractivity (Wildman–Crippen MR) is 85.6 cm³/mol. The lowest BCUT2D eigenvalue weighted by Crippen LogP contribution is -2.05. The summed E-state index contributed by atoms with van der Waals surface area (Å²) in [5.41, 5.74) is 2.21. The average Bonchev–Trinajstić information content (AvgIpc) is 2.84. The van der Waals surface area contributed by atoms with Crippen molar-refractivity contribution >= 4 is 16.6 Å². The Bertz CT molecular complexity index is 873. The highest BCUT2D eigenvalue weighted by atomic mass is 16.6. The number of hydrogen-bond donors (Lipinski definition) is 0. The number of rotatable bonds is 5. The molecule has 0 fully saturated rings. The fourth-order valence-corrected chi connectivity index (χ4v) is 2.60. The van der Waals surface area contributed by atoms with Crippen LogP contribution in [0.2, 0.25) is 0 Å². The van der Waals surface area contributed by atoms with Gasteiger partial charge in [0.15, 0.2) is 0 Å². The van der Waals surface area contributed by atoms with Crippen LogP contribution >= 0.6 is 0 Å². The van der Waals surface area contributed by atoms with Crippen LogP contribution in [0.1, 0.15) is 18.3 Å². The van der Waals surface area contributed by atoms with Crippen molar-refractivity contribution in [3.05, 3.63) is 57.9 Å². The first-order valence-corrected chi connectivity index (χ1v) is 7.29. The van der Waals surface area contributed by atoms with E-state index >= 15 is 0 Å². The summed E-state index contributed by atoms with van der Waals surface area (Å²) in [6, 6.07) is 10.5. The molecule has 0 radical (unpaired) electrons. The molecule has 0 spiro atoms. The SMILES string of the molecule is CCOc1cccc(Cn2nc(C)c3c([N+](=O)[O-])cccc32)n1. The van der Waals surface area contributed by atoms with Gasteiger partial charge in [-0.25, -0.2) is 4.98 Å². The summed E-state index contributed by atoms with van der Waals surface area (Å²) >= 11 is 0. The molecular formula is C16H16N4O3. The van der Waals surface area contributed by atoms with Crippen molar-refractivity contribution in [3.8, 4) is 5.88 Å². The van der Waals surface area contributed by atoms with Gasteiger partial charge in [-0.1, -0.05) is 12.1 Å². The molecule has 0 unspecified atom stereocenters. The smallest absolute Gasteiger partial charge is 0.280 e. The van der Waals surface area contributed by atoms with Crippen molar-refractivity contribution in [2.24, 2.45) is 0 Å². The largest absolute Gasteiger partial charge is 0.478 e. The molecule has 0 atom stereocenters. The van der Waals surface area contributed by atoms with E-state index in [1.807, 2.05) is 25.1 Å². The zero-order chi connectivity index (χ0) is 16.4. The van der Waals surface area contributed by atoms with Gasteiger partial charge in [0.2, 0.25) is 5.88 Å².